The van der Waals surface area contributed by atoms with Crippen molar-refractivity contribution in [3.05, 3.63) is 10.6 Å². The minimum absolute atomic E-state index is 0.376. The van der Waals surface area contributed by atoms with Crippen LogP contribution in [-0.2, 0) is 11.2 Å². The predicted octanol–water partition coefficient (Wildman–Crippen LogP) is 1.23. The molecule has 70 valence electrons. The van der Waals surface area contributed by atoms with Crippen LogP contribution in [0.15, 0.2) is 0 Å². The number of aliphatic carboxylic acids is 1. The average Bonchev–Trinajstić information content (AvgIpc) is 2.43. The van der Waals surface area contributed by atoms with Crippen molar-refractivity contribution >= 4 is 22.4 Å². The van der Waals surface area contributed by atoms with Crippen molar-refractivity contribution in [2.45, 2.75) is 25.2 Å². The van der Waals surface area contributed by atoms with Gasteiger partial charge in [-0.15, -0.1) is 11.3 Å². The SMILES string of the molecule is Nc1nc2c(s1)C(C(=O)O)CCC2. The van der Waals surface area contributed by atoms with Gasteiger partial charge in [-0.25, -0.2) is 4.98 Å². The molecule has 1 heterocycles. The number of nitrogens with two attached hydrogens (primary N) is 1. The Kier molecular flexibility index (Phi) is 1.95. The fraction of sp³-hybridized carbons (Fsp3) is 0.500. The van der Waals surface area contributed by atoms with E-state index in [0.717, 1.165) is 23.4 Å². The van der Waals surface area contributed by atoms with E-state index in [0.29, 0.717) is 11.6 Å². The molecule has 1 aromatic heterocycles. The van der Waals surface area contributed by atoms with E-state index in [4.69, 9.17) is 10.8 Å². The number of anilines is 1. The highest BCUT2D eigenvalue weighted by molar-refractivity contribution is 7.15. The molecule has 0 bridgehead atoms. The molecule has 0 spiro atoms. The van der Waals surface area contributed by atoms with Crippen molar-refractivity contribution in [1.82, 2.24) is 4.98 Å². The number of aromatic nitrogens is 1. The van der Waals surface area contributed by atoms with Gasteiger partial charge >= 0.3 is 5.97 Å². The van der Waals surface area contributed by atoms with E-state index in [1.54, 1.807) is 0 Å². The molecule has 1 aliphatic carbocycles. The highest BCUT2D eigenvalue weighted by Gasteiger charge is 2.29. The standard InChI is InChI=1S/C8H10N2O2S/c9-8-10-5-3-1-2-4(7(11)12)6(5)13-8/h4H,1-3H2,(H2,9,10)(H,11,12). The number of carboxylic acid groups (broad SMARTS) is 1. The molecule has 0 aromatic carbocycles. The van der Waals surface area contributed by atoms with Crippen molar-refractivity contribution < 1.29 is 9.90 Å². The molecule has 4 nitrogen and oxygen atoms in total. The second-order valence-electron chi connectivity index (χ2n) is 3.15. The molecule has 0 saturated heterocycles. The zero-order valence-corrected chi connectivity index (χ0v) is 7.80. The number of hydrogen-bond acceptors (Lipinski definition) is 4. The van der Waals surface area contributed by atoms with Gasteiger partial charge in [0.15, 0.2) is 5.13 Å². The lowest BCUT2D eigenvalue weighted by molar-refractivity contribution is -0.139. The van der Waals surface area contributed by atoms with E-state index in [1.807, 2.05) is 0 Å². The normalized spacial score (nSPS) is 21.1. The molecule has 1 aromatic rings. The summed E-state index contributed by atoms with van der Waals surface area (Å²) in [5.41, 5.74) is 6.43. The predicted molar refractivity (Wildman–Crippen MR) is 49.8 cm³/mol. The summed E-state index contributed by atoms with van der Waals surface area (Å²) in [4.78, 5) is 15.8. The number of nitrogen functional groups attached to an aromatic ring is 1. The largest absolute Gasteiger partial charge is 0.481 e. The Morgan fingerprint density at radius 1 is 1.69 bits per heavy atom. The Hall–Kier alpha value is -1.10. The maximum absolute atomic E-state index is 10.9. The molecule has 0 radical (unpaired) electrons. The number of thiazole rings is 1. The molecule has 1 atom stereocenters. The van der Waals surface area contributed by atoms with Gasteiger partial charge in [-0.1, -0.05) is 0 Å². The third kappa shape index (κ3) is 1.39. The van der Waals surface area contributed by atoms with Crippen LogP contribution in [0.5, 0.6) is 0 Å². The first-order chi connectivity index (χ1) is 6.18. The van der Waals surface area contributed by atoms with Crippen LogP contribution < -0.4 is 5.73 Å². The third-order valence-corrected chi connectivity index (χ3v) is 3.31. The summed E-state index contributed by atoms with van der Waals surface area (Å²) in [6.45, 7) is 0. The number of fused-ring (bicyclic) bond motifs is 1. The Morgan fingerprint density at radius 2 is 2.46 bits per heavy atom. The van der Waals surface area contributed by atoms with Crippen LogP contribution in [0.3, 0.4) is 0 Å². The number of rotatable bonds is 1. The van der Waals surface area contributed by atoms with Gasteiger partial charge in [0.1, 0.15) is 0 Å². The Bertz CT molecular complexity index is 348. The Labute approximate surface area is 79.4 Å². The summed E-state index contributed by atoms with van der Waals surface area (Å²) in [5, 5.41) is 9.42. The molecule has 5 heteroatoms. The first-order valence-electron chi connectivity index (χ1n) is 4.16. The molecule has 1 aliphatic rings. The molecular formula is C8H10N2O2S. The fourth-order valence-corrected chi connectivity index (χ4v) is 2.68. The summed E-state index contributed by atoms with van der Waals surface area (Å²) in [6.07, 6.45) is 2.48. The highest BCUT2D eigenvalue weighted by atomic mass is 32.1. The van der Waals surface area contributed by atoms with Crippen LogP contribution in [-0.4, -0.2) is 16.1 Å². The number of aryl methyl sites for hydroxylation is 1. The van der Waals surface area contributed by atoms with E-state index in [2.05, 4.69) is 4.98 Å². The molecule has 1 unspecified atom stereocenters. The highest BCUT2D eigenvalue weighted by Crippen LogP contribution is 2.36. The second-order valence-corrected chi connectivity index (χ2v) is 4.21. The second kappa shape index (κ2) is 2.99. The maximum Gasteiger partial charge on any atom is 0.311 e. The van der Waals surface area contributed by atoms with Crippen LogP contribution in [0.2, 0.25) is 0 Å². The molecule has 0 saturated carbocycles. The third-order valence-electron chi connectivity index (χ3n) is 2.27. The van der Waals surface area contributed by atoms with Gasteiger partial charge in [-0.05, 0) is 19.3 Å². The first-order valence-corrected chi connectivity index (χ1v) is 4.98. The summed E-state index contributed by atoms with van der Waals surface area (Å²) < 4.78 is 0. The molecule has 0 fully saturated rings. The molecule has 13 heavy (non-hydrogen) atoms. The minimum atomic E-state index is -0.760. The van der Waals surface area contributed by atoms with Gasteiger partial charge in [0.2, 0.25) is 0 Å². The topological polar surface area (TPSA) is 76.2 Å². The van der Waals surface area contributed by atoms with Gasteiger partial charge < -0.3 is 10.8 Å². The summed E-state index contributed by atoms with van der Waals surface area (Å²) >= 11 is 1.31. The maximum atomic E-state index is 10.9. The van der Waals surface area contributed by atoms with Gasteiger partial charge in [0.05, 0.1) is 11.6 Å². The quantitative estimate of drug-likeness (QED) is 0.711. The molecule has 0 aliphatic heterocycles. The lowest BCUT2D eigenvalue weighted by Gasteiger charge is -2.16. The van der Waals surface area contributed by atoms with Crippen LogP contribution in [0.25, 0.3) is 0 Å². The summed E-state index contributed by atoms with van der Waals surface area (Å²) in [5.74, 6) is -1.14. The summed E-state index contributed by atoms with van der Waals surface area (Å²) in [7, 11) is 0. The number of hydrogen-bond donors (Lipinski definition) is 2. The van der Waals surface area contributed by atoms with Gasteiger partial charge in [-0.2, -0.15) is 0 Å². The summed E-state index contributed by atoms with van der Waals surface area (Å²) in [6, 6.07) is 0. The van der Waals surface area contributed by atoms with Crippen molar-refractivity contribution in [2.24, 2.45) is 0 Å². The van der Waals surface area contributed by atoms with Crippen LogP contribution in [0.1, 0.15) is 29.3 Å². The van der Waals surface area contributed by atoms with Crippen molar-refractivity contribution in [2.75, 3.05) is 5.73 Å². The van der Waals surface area contributed by atoms with Crippen LogP contribution in [0.4, 0.5) is 5.13 Å². The van der Waals surface area contributed by atoms with Crippen LogP contribution in [0, 0.1) is 0 Å². The number of carbonyl (C=O) groups is 1. The Balaban J connectivity index is 2.41. The molecule has 0 amide bonds. The zero-order valence-electron chi connectivity index (χ0n) is 6.99. The smallest absolute Gasteiger partial charge is 0.311 e. The zero-order chi connectivity index (χ0) is 9.42. The van der Waals surface area contributed by atoms with Gasteiger partial charge in [0.25, 0.3) is 0 Å². The van der Waals surface area contributed by atoms with Crippen LogP contribution >= 0.6 is 11.3 Å². The first kappa shape index (κ1) is 8.50. The van der Waals surface area contributed by atoms with Crippen molar-refractivity contribution in [3.8, 4) is 0 Å². The van der Waals surface area contributed by atoms with Gasteiger partial charge in [0, 0.05) is 4.88 Å². The number of carboxylic acids is 1. The van der Waals surface area contributed by atoms with Crippen molar-refractivity contribution in [3.63, 3.8) is 0 Å². The molecule has 3 N–H and O–H groups in total. The van der Waals surface area contributed by atoms with E-state index in [1.165, 1.54) is 11.3 Å². The lowest BCUT2D eigenvalue weighted by Crippen LogP contribution is -2.16. The Morgan fingerprint density at radius 3 is 3.15 bits per heavy atom. The van der Waals surface area contributed by atoms with E-state index in [9.17, 15) is 4.79 Å². The van der Waals surface area contributed by atoms with E-state index in [-0.39, 0.29) is 5.92 Å². The fourth-order valence-electron chi connectivity index (χ4n) is 1.67. The molecular weight excluding hydrogens is 188 g/mol. The van der Waals surface area contributed by atoms with E-state index < -0.39 is 5.97 Å². The monoisotopic (exact) mass is 198 g/mol. The minimum Gasteiger partial charge on any atom is -0.481 e. The molecule has 2 rings (SSSR count). The van der Waals surface area contributed by atoms with Gasteiger partial charge in [-0.3, -0.25) is 4.79 Å². The number of nitrogens with zero attached hydrogens (tertiary/aromatic N) is 1. The average molecular weight is 198 g/mol. The lowest BCUT2D eigenvalue weighted by atomic mass is 9.92. The van der Waals surface area contributed by atoms with Crippen molar-refractivity contribution in [1.29, 1.82) is 0 Å². The van der Waals surface area contributed by atoms with E-state index >= 15 is 0 Å².